The van der Waals surface area contributed by atoms with Crippen LogP contribution in [0.4, 0.5) is 11.4 Å². The highest BCUT2D eigenvalue weighted by molar-refractivity contribution is 9.10. The molecule has 2 bridgehead atoms. The minimum absolute atomic E-state index is 0.00665. The third-order valence-corrected chi connectivity index (χ3v) is 6.81. The van der Waals surface area contributed by atoms with Crippen molar-refractivity contribution in [2.24, 2.45) is 23.7 Å². The Bertz CT molecular complexity index is 1000. The molecular formula is C22H19BrN2O4. The summed E-state index contributed by atoms with van der Waals surface area (Å²) in [5.41, 5.74) is 1.67. The molecule has 1 heterocycles. The minimum Gasteiger partial charge on any atom is -0.462 e. The Morgan fingerprint density at radius 3 is 2.59 bits per heavy atom. The second kappa shape index (κ2) is 6.99. The number of anilines is 2. The average molecular weight is 455 g/mol. The zero-order valence-corrected chi connectivity index (χ0v) is 17.0. The van der Waals surface area contributed by atoms with Crippen LogP contribution in [0.3, 0.4) is 0 Å². The summed E-state index contributed by atoms with van der Waals surface area (Å²) >= 11 is 3.36. The van der Waals surface area contributed by atoms with Gasteiger partial charge in [-0.1, -0.05) is 22.0 Å². The van der Waals surface area contributed by atoms with E-state index in [1.54, 1.807) is 36.4 Å². The molecule has 7 heteroatoms. The van der Waals surface area contributed by atoms with Gasteiger partial charge < -0.3 is 15.4 Å². The number of esters is 1. The largest absolute Gasteiger partial charge is 0.462 e. The van der Waals surface area contributed by atoms with Crippen molar-refractivity contribution in [2.45, 2.75) is 18.9 Å². The second-order valence-corrected chi connectivity index (χ2v) is 8.87. The van der Waals surface area contributed by atoms with Crippen molar-refractivity contribution in [3.8, 4) is 0 Å². The summed E-state index contributed by atoms with van der Waals surface area (Å²) in [7, 11) is 0. The van der Waals surface area contributed by atoms with Crippen LogP contribution >= 0.6 is 15.9 Å². The van der Waals surface area contributed by atoms with E-state index in [0.717, 1.165) is 17.3 Å². The SMILES string of the molecule is O=C(Nc1ccc(Br)cc1)c1cccc(NC(=O)[C@H]2[C@@H]3C[C@H]4[C@H]2C(=O)O[C@H]4C3)c1. The highest BCUT2D eigenvalue weighted by Gasteiger charge is 2.63. The number of hydrogen-bond acceptors (Lipinski definition) is 4. The molecule has 0 radical (unpaired) electrons. The summed E-state index contributed by atoms with van der Waals surface area (Å²) in [6, 6.07) is 14.1. The van der Waals surface area contributed by atoms with E-state index in [1.165, 1.54) is 0 Å². The fraction of sp³-hybridized carbons (Fsp3) is 0.318. The zero-order chi connectivity index (χ0) is 20.1. The van der Waals surface area contributed by atoms with Crippen molar-refractivity contribution < 1.29 is 19.1 Å². The average Bonchev–Trinajstić information content (AvgIpc) is 3.32. The van der Waals surface area contributed by atoms with E-state index in [9.17, 15) is 14.4 Å². The summed E-state index contributed by atoms with van der Waals surface area (Å²) in [4.78, 5) is 37.6. The molecule has 0 aromatic heterocycles. The van der Waals surface area contributed by atoms with E-state index in [0.29, 0.717) is 16.9 Å². The lowest BCUT2D eigenvalue weighted by Gasteiger charge is -2.23. The van der Waals surface area contributed by atoms with Gasteiger partial charge in [-0.05, 0) is 61.2 Å². The van der Waals surface area contributed by atoms with E-state index in [1.807, 2.05) is 12.1 Å². The molecule has 2 aromatic carbocycles. The van der Waals surface area contributed by atoms with Crippen LogP contribution in [0.5, 0.6) is 0 Å². The van der Waals surface area contributed by atoms with E-state index >= 15 is 0 Å². The van der Waals surface area contributed by atoms with Gasteiger partial charge in [-0.25, -0.2) is 0 Å². The molecule has 0 spiro atoms. The second-order valence-electron chi connectivity index (χ2n) is 7.95. The van der Waals surface area contributed by atoms with E-state index in [-0.39, 0.29) is 47.6 Å². The third kappa shape index (κ3) is 3.23. The number of rotatable bonds is 4. The first kappa shape index (κ1) is 18.4. The Morgan fingerprint density at radius 1 is 1.00 bits per heavy atom. The molecule has 5 rings (SSSR count). The highest BCUT2D eigenvalue weighted by atomic mass is 79.9. The number of fused-ring (bicyclic) bond motifs is 1. The molecule has 1 saturated heterocycles. The van der Waals surface area contributed by atoms with Gasteiger partial charge in [0.1, 0.15) is 6.10 Å². The van der Waals surface area contributed by atoms with Gasteiger partial charge >= 0.3 is 5.97 Å². The Hall–Kier alpha value is -2.67. The van der Waals surface area contributed by atoms with Crippen LogP contribution in [0.15, 0.2) is 53.0 Å². The van der Waals surface area contributed by atoms with Crippen LogP contribution in [-0.4, -0.2) is 23.9 Å². The van der Waals surface area contributed by atoms with Crippen molar-refractivity contribution in [2.75, 3.05) is 10.6 Å². The lowest BCUT2D eigenvalue weighted by atomic mass is 9.79. The maximum absolute atomic E-state index is 12.9. The van der Waals surface area contributed by atoms with Crippen LogP contribution < -0.4 is 10.6 Å². The smallest absolute Gasteiger partial charge is 0.310 e. The van der Waals surface area contributed by atoms with Crippen molar-refractivity contribution in [3.63, 3.8) is 0 Å². The van der Waals surface area contributed by atoms with Crippen LogP contribution in [-0.2, 0) is 14.3 Å². The maximum Gasteiger partial charge on any atom is 0.310 e. The predicted molar refractivity (Wildman–Crippen MR) is 110 cm³/mol. The van der Waals surface area contributed by atoms with E-state index < -0.39 is 0 Å². The van der Waals surface area contributed by atoms with Gasteiger partial charge in [0.25, 0.3) is 5.91 Å². The molecule has 3 aliphatic rings. The van der Waals surface area contributed by atoms with Crippen LogP contribution in [0, 0.1) is 23.7 Å². The first-order valence-electron chi connectivity index (χ1n) is 9.68. The maximum atomic E-state index is 12.9. The topological polar surface area (TPSA) is 84.5 Å². The molecule has 6 nitrogen and oxygen atoms in total. The Labute approximate surface area is 176 Å². The molecule has 2 saturated carbocycles. The van der Waals surface area contributed by atoms with E-state index in [2.05, 4.69) is 26.6 Å². The lowest BCUT2D eigenvalue weighted by molar-refractivity contribution is -0.145. The molecule has 2 aromatic rings. The summed E-state index contributed by atoms with van der Waals surface area (Å²) in [5.74, 6) is -0.927. The Morgan fingerprint density at radius 2 is 1.79 bits per heavy atom. The van der Waals surface area contributed by atoms with Gasteiger partial charge in [0, 0.05) is 27.3 Å². The van der Waals surface area contributed by atoms with Gasteiger partial charge in [0.15, 0.2) is 0 Å². The normalized spacial score (nSPS) is 28.9. The molecule has 0 unspecified atom stereocenters. The summed E-state index contributed by atoms with van der Waals surface area (Å²) in [6.45, 7) is 0. The number of hydrogen-bond donors (Lipinski definition) is 2. The van der Waals surface area contributed by atoms with Gasteiger partial charge in [-0.2, -0.15) is 0 Å². The van der Waals surface area contributed by atoms with Crippen molar-refractivity contribution in [1.29, 1.82) is 0 Å². The van der Waals surface area contributed by atoms with Crippen LogP contribution in [0.2, 0.25) is 0 Å². The molecule has 1 aliphatic heterocycles. The highest BCUT2D eigenvalue weighted by Crippen LogP contribution is 2.57. The van der Waals surface area contributed by atoms with Crippen LogP contribution in [0.25, 0.3) is 0 Å². The van der Waals surface area contributed by atoms with Gasteiger partial charge in [0.05, 0.1) is 11.8 Å². The summed E-state index contributed by atoms with van der Waals surface area (Å²) in [5, 5.41) is 5.74. The Balaban J connectivity index is 1.29. The molecule has 2 aliphatic carbocycles. The third-order valence-electron chi connectivity index (χ3n) is 6.28. The fourth-order valence-electron chi connectivity index (χ4n) is 5.06. The Kier molecular flexibility index (Phi) is 4.42. The first-order chi connectivity index (χ1) is 14.0. The van der Waals surface area contributed by atoms with E-state index in [4.69, 9.17) is 4.74 Å². The molecule has 2 amide bonds. The van der Waals surface area contributed by atoms with Gasteiger partial charge in [-0.3, -0.25) is 14.4 Å². The molecule has 3 fully saturated rings. The minimum atomic E-state index is -0.341. The first-order valence-corrected chi connectivity index (χ1v) is 10.5. The number of carbonyl (C=O) groups excluding carboxylic acids is 3. The summed E-state index contributed by atoms with van der Waals surface area (Å²) < 4.78 is 6.34. The molecule has 2 N–H and O–H groups in total. The number of nitrogens with one attached hydrogen (secondary N) is 2. The molecular weight excluding hydrogens is 436 g/mol. The lowest BCUT2D eigenvalue weighted by Crippen LogP contribution is -2.35. The van der Waals surface area contributed by atoms with Crippen molar-refractivity contribution in [3.05, 3.63) is 58.6 Å². The number of halogens is 1. The quantitative estimate of drug-likeness (QED) is 0.687. The molecule has 5 atom stereocenters. The number of amides is 2. The van der Waals surface area contributed by atoms with Crippen molar-refractivity contribution in [1.82, 2.24) is 0 Å². The summed E-state index contributed by atoms with van der Waals surface area (Å²) in [6.07, 6.45) is 1.67. The fourth-order valence-corrected chi connectivity index (χ4v) is 5.33. The van der Waals surface area contributed by atoms with Gasteiger partial charge in [-0.15, -0.1) is 0 Å². The predicted octanol–water partition coefficient (Wildman–Crippen LogP) is 3.84. The zero-order valence-electron chi connectivity index (χ0n) is 15.4. The van der Waals surface area contributed by atoms with Gasteiger partial charge in [0.2, 0.25) is 5.91 Å². The number of ether oxygens (including phenoxy) is 1. The molecule has 148 valence electrons. The van der Waals surface area contributed by atoms with Crippen LogP contribution in [0.1, 0.15) is 23.2 Å². The number of benzene rings is 2. The standard InChI is InChI=1S/C22H19BrN2O4/c23-13-4-6-14(7-5-13)24-20(26)11-2-1-3-15(8-11)25-21(27)18-12-9-16-17(10-12)29-22(28)19(16)18/h1-8,12,16-19H,9-10H2,(H,24,26)(H,25,27)/t12-,16-,17+,18+,19-/m1/s1. The molecule has 29 heavy (non-hydrogen) atoms. The number of carbonyl (C=O) groups is 3. The van der Waals surface area contributed by atoms with Crippen molar-refractivity contribution >= 4 is 45.1 Å². The monoisotopic (exact) mass is 454 g/mol.